The lowest BCUT2D eigenvalue weighted by Gasteiger charge is -2.34. The first-order chi connectivity index (χ1) is 16.0. The SMILES string of the molecule is O=C(NCc1cccc(OCC(F)F)c1)N1CCN(Cc2nc3ccccc3c(=O)[nH]2)CC1. The number of carbonyl (C=O) groups is 1. The number of nitrogens with zero attached hydrogens (tertiary/aromatic N) is 3. The van der Waals surface area contributed by atoms with Gasteiger partial charge in [-0.25, -0.2) is 18.6 Å². The maximum absolute atomic E-state index is 12.5. The number of benzene rings is 2. The molecule has 0 saturated carbocycles. The molecule has 1 fully saturated rings. The highest BCUT2D eigenvalue weighted by molar-refractivity contribution is 5.77. The zero-order valence-corrected chi connectivity index (χ0v) is 18.0. The Labute approximate surface area is 189 Å². The molecule has 2 heterocycles. The number of alkyl halides is 2. The zero-order valence-electron chi connectivity index (χ0n) is 18.0. The summed E-state index contributed by atoms with van der Waals surface area (Å²) in [5.41, 5.74) is 1.27. The molecular formula is C23H25F2N5O3. The molecule has 2 aromatic carbocycles. The highest BCUT2D eigenvalue weighted by Gasteiger charge is 2.21. The van der Waals surface area contributed by atoms with Crippen molar-refractivity contribution in [2.75, 3.05) is 32.8 Å². The lowest BCUT2D eigenvalue weighted by Crippen LogP contribution is -2.51. The molecule has 33 heavy (non-hydrogen) atoms. The standard InChI is InChI=1S/C23H25F2N5O3/c24-20(25)15-33-17-5-3-4-16(12-17)13-26-23(32)30-10-8-29(9-11-30)14-21-27-19-7-2-1-6-18(19)22(31)28-21/h1-7,12,20H,8-11,13-15H2,(H,26,32)(H,27,28,31). The van der Waals surface area contributed by atoms with Crippen LogP contribution in [0.2, 0.25) is 0 Å². The molecular weight excluding hydrogens is 432 g/mol. The fourth-order valence-corrected chi connectivity index (χ4v) is 3.72. The van der Waals surface area contributed by atoms with Crippen molar-refractivity contribution >= 4 is 16.9 Å². The second-order valence-corrected chi connectivity index (χ2v) is 7.80. The van der Waals surface area contributed by atoms with Crippen LogP contribution in [0, 0.1) is 0 Å². The number of hydrogen-bond acceptors (Lipinski definition) is 5. The Kier molecular flexibility index (Phi) is 7.13. The summed E-state index contributed by atoms with van der Waals surface area (Å²) < 4.78 is 29.6. The molecule has 2 N–H and O–H groups in total. The van der Waals surface area contributed by atoms with Gasteiger partial charge in [0.1, 0.15) is 18.2 Å². The maximum atomic E-state index is 12.5. The Bertz CT molecular complexity index is 1160. The van der Waals surface area contributed by atoms with E-state index in [1.54, 1.807) is 41.3 Å². The average Bonchev–Trinajstić information content (AvgIpc) is 2.82. The van der Waals surface area contributed by atoms with Crippen molar-refractivity contribution in [1.29, 1.82) is 0 Å². The van der Waals surface area contributed by atoms with E-state index in [-0.39, 0.29) is 18.1 Å². The van der Waals surface area contributed by atoms with Crippen LogP contribution >= 0.6 is 0 Å². The van der Waals surface area contributed by atoms with Crippen LogP contribution in [0.25, 0.3) is 10.9 Å². The molecule has 0 spiro atoms. The molecule has 3 aromatic rings. The Morgan fingerprint density at radius 1 is 1.12 bits per heavy atom. The van der Waals surface area contributed by atoms with E-state index < -0.39 is 13.0 Å². The summed E-state index contributed by atoms with van der Waals surface area (Å²) in [7, 11) is 0. The summed E-state index contributed by atoms with van der Waals surface area (Å²) >= 11 is 0. The van der Waals surface area contributed by atoms with Crippen molar-refractivity contribution < 1.29 is 18.3 Å². The highest BCUT2D eigenvalue weighted by Crippen LogP contribution is 2.14. The molecule has 8 nitrogen and oxygen atoms in total. The predicted molar refractivity (Wildman–Crippen MR) is 119 cm³/mol. The van der Waals surface area contributed by atoms with Gasteiger partial charge in [0, 0.05) is 32.7 Å². The summed E-state index contributed by atoms with van der Waals surface area (Å²) in [6.45, 7) is 2.50. The van der Waals surface area contributed by atoms with Crippen molar-refractivity contribution in [2.24, 2.45) is 0 Å². The number of halogens is 2. The highest BCUT2D eigenvalue weighted by atomic mass is 19.3. The van der Waals surface area contributed by atoms with Crippen LogP contribution in [0.3, 0.4) is 0 Å². The number of urea groups is 1. The summed E-state index contributed by atoms with van der Waals surface area (Å²) in [4.78, 5) is 36.0. The number of amides is 2. The number of ether oxygens (including phenoxy) is 1. The zero-order chi connectivity index (χ0) is 23.2. The minimum absolute atomic E-state index is 0.155. The van der Waals surface area contributed by atoms with Crippen LogP contribution in [0.4, 0.5) is 13.6 Å². The lowest BCUT2D eigenvalue weighted by molar-refractivity contribution is 0.0818. The van der Waals surface area contributed by atoms with Crippen molar-refractivity contribution in [3.05, 3.63) is 70.3 Å². The third-order valence-electron chi connectivity index (χ3n) is 5.41. The lowest BCUT2D eigenvalue weighted by atomic mass is 10.2. The molecule has 174 valence electrons. The van der Waals surface area contributed by atoms with E-state index >= 15 is 0 Å². The number of nitrogens with one attached hydrogen (secondary N) is 2. The van der Waals surface area contributed by atoms with E-state index in [1.807, 2.05) is 12.1 Å². The van der Waals surface area contributed by atoms with Gasteiger partial charge in [-0.3, -0.25) is 9.69 Å². The van der Waals surface area contributed by atoms with Crippen LogP contribution in [0.1, 0.15) is 11.4 Å². The molecule has 0 bridgehead atoms. The fraction of sp³-hybridized carbons (Fsp3) is 0.348. The van der Waals surface area contributed by atoms with E-state index in [9.17, 15) is 18.4 Å². The van der Waals surface area contributed by atoms with Gasteiger partial charge in [-0.05, 0) is 29.8 Å². The maximum Gasteiger partial charge on any atom is 0.317 e. The monoisotopic (exact) mass is 457 g/mol. The molecule has 0 atom stereocenters. The van der Waals surface area contributed by atoms with Gasteiger partial charge in [0.2, 0.25) is 0 Å². The number of aromatic amines is 1. The molecule has 0 radical (unpaired) electrons. The van der Waals surface area contributed by atoms with Crippen molar-refractivity contribution in [3.63, 3.8) is 0 Å². The number of hydrogen-bond donors (Lipinski definition) is 2. The van der Waals surface area contributed by atoms with Gasteiger partial charge in [-0.15, -0.1) is 0 Å². The molecule has 1 aliphatic heterocycles. The number of piperazine rings is 1. The minimum atomic E-state index is -2.54. The van der Waals surface area contributed by atoms with E-state index in [2.05, 4.69) is 20.2 Å². The van der Waals surface area contributed by atoms with Crippen molar-refractivity contribution in [2.45, 2.75) is 19.5 Å². The molecule has 10 heteroatoms. The first-order valence-electron chi connectivity index (χ1n) is 10.7. The fourth-order valence-electron chi connectivity index (χ4n) is 3.72. The number of fused-ring (bicyclic) bond motifs is 1. The van der Waals surface area contributed by atoms with Gasteiger partial charge in [0.05, 0.1) is 17.4 Å². The second kappa shape index (κ2) is 10.4. The van der Waals surface area contributed by atoms with E-state index in [0.717, 1.165) is 5.56 Å². The average molecular weight is 457 g/mol. The third-order valence-corrected chi connectivity index (χ3v) is 5.41. The summed E-state index contributed by atoms with van der Waals surface area (Å²) in [6, 6.07) is 13.8. The van der Waals surface area contributed by atoms with E-state index in [1.165, 1.54) is 0 Å². The van der Waals surface area contributed by atoms with Gasteiger partial charge in [0.15, 0.2) is 0 Å². The first-order valence-corrected chi connectivity index (χ1v) is 10.7. The number of rotatable bonds is 7. The Hall–Kier alpha value is -3.53. The van der Waals surface area contributed by atoms with Gasteiger partial charge >= 0.3 is 6.03 Å². The van der Waals surface area contributed by atoms with Crippen LogP contribution in [-0.4, -0.2) is 65.0 Å². The third kappa shape index (κ3) is 6.04. The molecule has 1 aromatic heterocycles. The van der Waals surface area contributed by atoms with Gasteiger partial charge in [-0.2, -0.15) is 0 Å². The number of para-hydroxylation sites is 1. The topological polar surface area (TPSA) is 90.6 Å². The summed E-state index contributed by atoms with van der Waals surface area (Å²) in [5.74, 6) is 0.946. The van der Waals surface area contributed by atoms with Crippen LogP contribution in [-0.2, 0) is 13.1 Å². The predicted octanol–water partition coefficient (Wildman–Crippen LogP) is 2.59. The van der Waals surface area contributed by atoms with Crippen LogP contribution < -0.4 is 15.6 Å². The van der Waals surface area contributed by atoms with Gasteiger partial charge in [-0.1, -0.05) is 24.3 Å². The Balaban J connectivity index is 1.26. The number of carbonyl (C=O) groups excluding carboxylic acids is 1. The first kappa shape index (κ1) is 22.7. The van der Waals surface area contributed by atoms with Gasteiger partial charge in [0.25, 0.3) is 12.0 Å². The van der Waals surface area contributed by atoms with Gasteiger partial charge < -0.3 is 19.9 Å². The molecule has 0 unspecified atom stereocenters. The molecule has 2 amide bonds. The largest absolute Gasteiger partial charge is 0.488 e. The second-order valence-electron chi connectivity index (χ2n) is 7.80. The summed E-state index contributed by atoms with van der Waals surface area (Å²) in [5, 5.41) is 3.42. The Morgan fingerprint density at radius 2 is 1.91 bits per heavy atom. The number of aromatic nitrogens is 2. The van der Waals surface area contributed by atoms with Crippen molar-refractivity contribution in [1.82, 2.24) is 25.1 Å². The normalized spacial score (nSPS) is 14.6. The Morgan fingerprint density at radius 3 is 2.70 bits per heavy atom. The van der Waals surface area contributed by atoms with Crippen LogP contribution in [0.5, 0.6) is 5.75 Å². The minimum Gasteiger partial charge on any atom is -0.488 e. The van der Waals surface area contributed by atoms with E-state index in [4.69, 9.17) is 4.74 Å². The quantitative estimate of drug-likeness (QED) is 0.569. The molecule has 0 aliphatic carbocycles. The van der Waals surface area contributed by atoms with Crippen LogP contribution in [0.15, 0.2) is 53.3 Å². The smallest absolute Gasteiger partial charge is 0.317 e. The van der Waals surface area contributed by atoms with Crippen molar-refractivity contribution in [3.8, 4) is 5.75 Å². The summed E-state index contributed by atoms with van der Waals surface area (Å²) in [6.07, 6.45) is -2.54. The van der Waals surface area contributed by atoms with E-state index in [0.29, 0.717) is 55.2 Å². The molecule has 1 aliphatic rings. The molecule has 4 rings (SSSR count). The number of H-pyrrole nitrogens is 1. The molecule has 1 saturated heterocycles.